The Balaban J connectivity index is 3.32. The van der Waals surface area contributed by atoms with Crippen molar-refractivity contribution >= 4 is 21.6 Å². The van der Waals surface area contributed by atoms with Gasteiger partial charge in [0.1, 0.15) is 5.75 Å². The second kappa shape index (κ2) is 7.00. The fraction of sp³-hybridized carbons (Fsp3) is 0.571. The maximum Gasteiger partial charge on any atom is 0.301 e. The molecule has 0 fully saturated rings. The lowest BCUT2D eigenvalue weighted by molar-refractivity contribution is 0.414. The van der Waals surface area contributed by atoms with Crippen molar-refractivity contribution in [1.29, 1.82) is 0 Å². The summed E-state index contributed by atoms with van der Waals surface area (Å²) >= 11 is 0. The molecular formula is C14H25N3O3S. The molecule has 0 unspecified atom stereocenters. The Kier molecular flexibility index (Phi) is 5.86. The highest BCUT2D eigenvalue weighted by atomic mass is 32.2. The average molecular weight is 315 g/mol. The number of nitrogens with zero attached hydrogens (tertiary/aromatic N) is 2. The van der Waals surface area contributed by atoms with Gasteiger partial charge >= 0.3 is 10.2 Å². The van der Waals surface area contributed by atoms with Crippen LogP contribution in [-0.2, 0) is 10.2 Å². The van der Waals surface area contributed by atoms with Gasteiger partial charge in [-0.3, -0.25) is 4.72 Å². The summed E-state index contributed by atoms with van der Waals surface area (Å²) in [5.41, 5.74) is 2.25. The summed E-state index contributed by atoms with van der Waals surface area (Å²) in [6.07, 6.45) is 0. The fourth-order valence-corrected chi connectivity index (χ4v) is 2.67. The van der Waals surface area contributed by atoms with Crippen molar-refractivity contribution in [2.45, 2.75) is 20.8 Å². The minimum atomic E-state index is -3.53. The van der Waals surface area contributed by atoms with E-state index in [1.165, 1.54) is 14.1 Å². The first-order valence-electron chi connectivity index (χ1n) is 6.90. The lowest BCUT2D eigenvalue weighted by Crippen LogP contribution is -2.29. The van der Waals surface area contributed by atoms with E-state index in [1.807, 2.05) is 32.9 Å². The highest BCUT2D eigenvalue weighted by molar-refractivity contribution is 7.90. The zero-order valence-electron chi connectivity index (χ0n) is 13.6. The Hall–Kier alpha value is -1.47. The van der Waals surface area contributed by atoms with Crippen LogP contribution in [0, 0.1) is 6.92 Å². The van der Waals surface area contributed by atoms with Crippen LogP contribution in [0.4, 0.5) is 11.4 Å². The highest BCUT2D eigenvalue weighted by Gasteiger charge is 2.18. The van der Waals surface area contributed by atoms with Crippen molar-refractivity contribution in [3.63, 3.8) is 0 Å². The maximum atomic E-state index is 12.0. The zero-order chi connectivity index (χ0) is 16.2. The van der Waals surface area contributed by atoms with E-state index in [-0.39, 0.29) is 0 Å². The van der Waals surface area contributed by atoms with E-state index in [9.17, 15) is 8.42 Å². The van der Waals surface area contributed by atoms with Crippen LogP contribution in [0.2, 0.25) is 0 Å². The molecule has 0 atom stereocenters. The lowest BCUT2D eigenvalue weighted by atomic mass is 10.1. The lowest BCUT2D eigenvalue weighted by Gasteiger charge is -2.25. The van der Waals surface area contributed by atoms with Gasteiger partial charge in [-0.25, -0.2) is 0 Å². The molecule has 0 aromatic heterocycles. The molecule has 1 aromatic carbocycles. The van der Waals surface area contributed by atoms with Gasteiger partial charge in [-0.15, -0.1) is 0 Å². The van der Waals surface area contributed by atoms with Gasteiger partial charge < -0.3 is 9.64 Å². The number of nitrogens with one attached hydrogen (secondary N) is 1. The maximum absolute atomic E-state index is 12.0. The van der Waals surface area contributed by atoms with Gasteiger partial charge in [0.05, 0.1) is 18.5 Å². The summed E-state index contributed by atoms with van der Waals surface area (Å²) in [7, 11) is 1.08. The molecule has 0 bridgehead atoms. The molecule has 1 aromatic rings. The van der Waals surface area contributed by atoms with Crippen LogP contribution in [0.25, 0.3) is 0 Å². The van der Waals surface area contributed by atoms with Crippen molar-refractivity contribution in [3.8, 4) is 5.75 Å². The summed E-state index contributed by atoms with van der Waals surface area (Å²) in [5.74, 6) is 0.740. The summed E-state index contributed by atoms with van der Waals surface area (Å²) in [6.45, 7) is 7.58. The Morgan fingerprint density at radius 2 is 1.76 bits per heavy atom. The second-order valence-corrected chi connectivity index (χ2v) is 6.79. The van der Waals surface area contributed by atoms with Crippen molar-refractivity contribution in [1.82, 2.24) is 4.31 Å². The first-order chi connectivity index (χ1) is 9.76. The van der Waals surface area contributed by atoms with Crippen LogP contribution in [0.15, 0.2) is 12.1 Å². The Morgan fingerprint density at radius 3 is 2.19 bits per heavy atom. The van der Waals surface area contributed by atoms with Crippen LogP contribution in [-0.4, -0.2) is 47.0 Å². The molecule has 0 amide bonds. The Labute approximate surface area is 127 Å². The first kappa shape index (κ1) is 17.6. The summed E-state index contributed by atoms with van der Waals surface area (Å²) in [6, 6.07) is 3.67. The summed E-state index contributed by atoms with van der Waals surface area (Å²) < 4.78 is 33.2. The molecular weight excluding hydrogens is 290 g/mol. The predicted octanol–water partition coefficient (Wildman–Crippen LogP) is 2.07. The number of anilines is 2. The molecule has 0 aliphatic heterocycles. The van der Waals surface area contributed by atoms with Gasteiger partial charge in [-0.05, 0) is 38.5 Å². The molecule has 0 saturated heterocycles. The third kappa shape index (κ3) is 4.01. The highest BCUT2D eigenvalue weighted by Crippen LogP contribution is 2.34. The molecule has 1 rings (SSSR count). The number of ether oxygens (including phenoxy) is 1. The van der Waals surface area contributed by atoms with E-state index in [4.69, 9.17) is 4.74 Å². The van der Waals surface area contributed by atoms with Gasteiger partial charge in [0.15, 0.2) is 0 Å². The monoisotopic (exact) mass is 315 g/mol. The van der Waals surface area contributed by atoms with Crippen LogP contribution in [0.3, 0.4) is 0 Å². The number of hydrogen-bond acceptors (Lipinski definition) is 4. The fourth-order valence-electron chi connectivity index (χ4n) is 1.99. The average Bonchev–Trinajstić information content (AvgIpc) is 2.42. The number of methoxy groups -OCH3 is 1. The van der Waals surface area contributed by atoms with Gasteiger partial charge in [0, 0.05) is 27.2 Å². The summed E-state index contributed by atoms with van der Waals surface area (Å²) in [4.78, 5) is 2.12. The molecule has 0 saturated carbocycles. The molecule has 0 aliphatic carbocycles. The largest absolute Gasteiger partial charge is 0.495 e. The van der Waals surface area contributed by atoms with E-state index in [1.54, 1.807) is 7.11 Å². The predicted molar refractivity (Wildman–Crippen MR) is 87.5 cm³/mol. The third-order valence-corrected chi connectivity index (χ3v) is 4.79. The molecule has 7 heteroatoms. The van der Waals surface area contributed by atoms with Crippen molar-refractivity contribution in [2.75, 3.05) is 43.9 Å². The topological polar surface area (TPSA) is 61.9 Å². The van der Waals surface area contributed by atoms with Gasteiger partial charge in [0.25, 0.3) is 0 Å². The number of rotatable bonds is 7. The van der Waals surface area contributed by atoms with Crippen LogP contribution < -0.4 is 14.4 Å². The molecule has 0 aliphatic rings. The number of aryl methyl sites for hydroxylation is 1. The zero-order valence-corrected chi connectivity index (χ0v) is 14.4. The van der Waals surface area contributed by atoms with Gasteiger partial charge in [-0.2, -0.15) is 12.7 Å². The first-order valence-corrected chi connectivity index (χ1v) is 8.34. The minimum absolute atomic E-state index is 0.561. The quantitative estimate of drug-likeness (QED) is 0.837. The second-order valence-electron chi connectivity index (χ2n) is 4.90. The molecule has 6 nitrogen and oxygen atoms in total. The third-order valence-electron chi connectivity index (χ3n) is 3.35. The summed E-state index contributed by atoms with van der Waals surface area (Å²) in [5, 5.41) is 0. The van der Waals surface area contributed by atoms with Crippen molar-refractivity contribution in [2.24, 2.45) is 0 Å². The van der Waals surface area contributed by atoms with Gasteiger partial charge in [0.2, 0.25) is 0 Å². The van der Waals surface area contributed by atoms with Crippen LogP contribution >= 0.6 is 0 Å². The van der Waals surface area contributed by atoms with Crippen molar-refractivity contribution in [3.05, 3.63) is 17.7 Å². The molecule has 0 radical (unpaired) electrons. The van der Waals surface area contributed by atoms with E-state index >= 15 is 0 Å². The van der Waals surface area contributed by atoms with Crippen LogP contribution in [0.1, 0.15) is 19.4 Å². The smallest absolute Gasteiger partial charge is 0.301 e. The normalized spacial score (nSPS) is 11.6. The molecule has 1 N–H and O–H groups in total. The Bertz CT molecular complexity index is 581. The van der Waals surface area contributed by atoms with E-state index < -0.39 is 10.2 Å². The minimum Gasteiger partial charge on any atom is -0.495 e. The van der Waals surface area contributed by atoms with Crippen molar-refractivity contribution < 1.29 is 13.2 Å². The standard InChI is InChI=1S/C14H25N3O3S/c1-7-17(8-2)13-10-12(11(3)9-14(13)20-6)15-21(18,19)16(4)5/h9-10,15H,7-8H2,1-6H3. The SMILES string of the molecule is CCN(CC)c1cc(NS(=O)(=O)N(C)C)c(C)cc1OC. The van der Waals surface area contributed by atoms with Crippen LogP contribution in [0.5, 0.6) is 5.75 Å². The van der Waals surface area contributed by atoms with Gasteiger partial charge in [-0.1, -0.05) is 0 Å². The van der Waals surface area contributed by atoms with E-state index in [0.717, 1.165) is 34.4 Å². The molecule has 0 spiro atoms. The Morgan fingerprint density at radius 1 is 1.19 bits per heavy atom. The molecule has 0 heterocycles. The number of benzene rings is 1. The number of hydrogen-bond donors (Lipinski definition) is 1. The van der Waals surface area contributed by atoms with E-state index in [0.29, 0.717) is 5.69 Å². The molecule has 120 valence electrons. The molecule has 21 heavy (non-hydrogen) atoms. The van der Waals surface area contributed by atoms with E-state index in [2.05, 4.69) is 9.62 Å².